The molecule has 0 fully saturated rings. The summed E-state index contributed by atoms with van der Waals surface area (Å²) in [5.41, 5.74) is 6.63. The van der Waals surface area contributed by atoms with Gasteiger partial charge in [0.25, 0.3) is 0 Å². The number of aromatic nitrogens is 4. The van der Waals surface area contributed by atoms with Crippen molar-refractivity contribution in [2.45, 2.75) is 5.16 Å². The molecule has 1 amide bonds. The molecule has 3 rings (SSSR count). The van der Waals surface area contributed by atoms with Crippen molar-refractivity contribution in [3.05, 3.63) is 54.6 Å². The highest BCUT2D eigenvalue weighted by molar-refractivity contribution is 7.99. The number of thioether (sulfide) groups is 1. The van der Waals surface area contributed by atoms with Crippen LogP contribution < -0.4 is 5.73 Å². The van der Waals surface area contributed by atoms with Gasteiger partial charge in [-0.15, -0.1) is 10.2 Å². The molecule has 6 nitrogen and oxygen atoms in total. The first-order valence-electron chi connectivity index (χ1n) is 6.68. The SMILES string of the molecule is NC(=O)CSc1nnc(-c2cccnc2)n1-c1ccc(F)cc1. The monoisotopic (exact) mass is 329 g/mol. The first kappa shape index (κ1) is 15.2. The Hall–Kier alpha value is -2.74. The number of halogens is 1. The number of pyridine rings is 1. The van der Waals surface area contributed by atoms with Gasteiger partial charge in [0.1, 0.15) is 5.82 Å². The predicted molar refractivity (Wildman–Crippen MR) is 84.5 cm³/mol. The van der Waals surface area contributed by atoms with Crippen LogP contribution in [0, 0.1) is 5.82 Å². The maximum atomic E-state index is 13.2. The average molecular weight is 329 g/mol. The number of carbonyl (C=O) groups excluding carboxylic acids is 1. The van der Waals surface area contributed by atoms with Crippen LogP contribution in [0.25, 0.3) is 17.1 Å². The first-order valence-corrected chi connectivity index (χ1v) is 7.66. The molecular weight excluding hydrogens is 317 g/mol. The van der Waals surface area contributed by atoms with Crippen LogP contribution in [0.4, 0.5) is 4.39 Å². The van der Waals surface area contributed by atoms with Crippen LogP contribution in [0.1, 0.15) is 0 Å². The van der Waals surface area contributed by atoms with E-state index in [9.17, 15) is 9.18 Å². The summed E-state index contributed by atoms with van der Waals surface area (Å²) < 4.78 is 14.9. The van der Waals surface area contributed by atoms with Crippen LogP contribution >= 0.6 is 11.8 Å². The van der Waals surface area contributed by atoms with Crippen LogP contribution in [-0.2, 0) is 4.79 Å². The Morgan fingerprint density at radius 3 is 2.65 bits per heavy atom. The molecule has 2 heterocycles. The van der Waals surface area contributed by atoms with E-state index in [0.717, 1.165) is 5.56 Å². The zero-order valence-electron chi connectivity index (χ0n) is 11.9. The number of primary amides is 1. The first-order chi connectivity index (χ1) is 11.1. The molecule has 0 aliphatic heterocycles. The van der Waals surface area contributed by atoms with Crippen LogP contribution in [0.15, 0.2) is 53.9 Å². The summed E-state index contributed by atoms with van der Waals surface area (Å²) in [7, 11) is 0. The third-order valence-corrected chi connectivity index (χ3v) is 3.93. The molecule has 0 saturated heterocycles. The maximum Gasteiger partial charge on any atom is 0.227 e. The van der Waals surface area contributed by atoms with Crippen molar-refractivity contribution in [3.8, 4) is 17.1 Å². The number of hydrogen-bond donors (Lipinski definition) is 1. The van der Waals surface area contributed by atoms with Gasteiger partial charge < -0.3 is 5.73 Å². The fourth-order valence-corrected chi connectivity index (χ4v) is 2.69. The number of rotatable bonds is 5. The lowest BCUT2D eigenvalue weighted by Gasteiger charge is -2.09. The van der Waals surface area contributed by atoms with Crippen LogP contribution in [0.5, 0.6) is 0 Å². The lowest BCUT2D eigenvalue weighted by molar-refractivity contribution is -0.115. The van der Waals surface area contributed by atoms with E-state index in [1.165, 1.54) is 23.9 Å². The minimum Gasteiger partial charge on any atom is -0.369 e. The molecule has 0 radical (unpaired) electrons. The van der Waals surface area contributed by atoms with E-state index in [0.29, 0.717) is 16.7 Å². The van der Waals surface area contributed by atoms with Gasteiger partial charge in [-0.2, -0.15) is 0 Å². The van der Waals surface area contributed by atoms with Gasteiger partial charge in [-0.05, 0) is 36.4 Å². The highest BCUT2D eigenvalue weighted by Crippen LogP contribution is 2.27. The normalized spacial score (nSPS) is 10.7. The van der Waals surface area contributed by atoms with Crippen molar-refractivity contribution in [2.24, 2.45) is 5.73 Å². The molecular formula is C15H12FN5OS. The average Bonchev–Trinajstić information content (AvgIpc) is 2.98. The van der Waals surface area contributed by atoms with Crippen molar-refractivity contribution in [3.63, 3.8) is 0 Å². The molecule has 0 atom stereocenters. The number of hydrogen-bond acceptors (Lipinski definition) is 5. The van der Waals surface area contributed by atoms with E-state index < -0.39 is 5.91 Å². The second-order valence-electron chi connectivity index (χ2n) is 4.61. The van der Waals surface area contributed by atoms with Crippen molar-refractivity contribution < 1.29 is 9.18 Å². The summed E-state index contributed by atoms with van der Waals surface area (Å²) in [4.78, 5) is 15.1. The van der Waals surface area contributed by atoms with Gasteiger partial charge in [0.05, 0.1) is 5.75 Å². The summed E-state index contributed by atoms with van der Waals surface area (Å²) in [5.74, 6) is -0.161. The topological polar surface area (TPSA) is 86.7 Å². The minimum atomic E-state index is -0.452. The van der Waals surface area contributed by atoms with Gasteiger partial charge in [0.2, 0.25) is 5.91 Å². The van der Waals surface area contributed by atoms with Crippen molar-refractivity contribution >= 4 is 17.7 Å². The Morgan fingerprint density at radius 1 is 1.22 bits per heavy atom. The third kappa shape index (κ3) is 3.37. The van der Waals surface area contributed by atoms with Gasteiger partial charge in [-0.1, -0.05) is 11.8 Å². The van der Waals surface area contributed by atoms with Crippen LogP contribution in [-0.4, -0.2) is 31.4 Å². The zero-order chi connectivity index (χ0) is 16.2. The van der Waals surface area contributed by atoms with Crippen molar-refractivity contribution in [1.29, 1.82) is 0 Å². The highest BCUT2D eigenvalue weighted by atomic mass is 32.2. The number of nitrogens with two attached hydrogens (primary N) is 1. The standard InChI is InChI=1S/C15H12FN5OS/c16-11-3-5-12(6-4-11)21-14(10-2-1-7-18-8-10)19-20-15(21)23-9-13(17)22/h1-8H,9H2,(H2,17,22). The Bertz CT molecular complexity index is 820. The molecule has 2 N–H and O–H groups in total. The smallest absolute Gasteiger partial charge is 0.227 e. The lowest BCUT2D eigenvalue weighted by atomic mass is 10.2. The van der Waals surface area contributed by atoms with E-state index in [2.05, 4.69) is 15.2 Å². The van der Waals surface area contributed by atoms with Gasteiger partial charge in [-0.25, -0.2) is 4.39 Å². The molecule has 0 bridgehead atoms. The molecule has 0 spiro atoms. The molecule has 0 unspecified atom stereocenters. The molecule has 0 saturated carbocycles. The Morgan fingerprint density at radius 2 is 2.00 bits per heavy atom. The molecule has 0 aliphatic carbocycles. The van der Waals surface area contributed by atoms with E-state index in [1.807, 2.05) is 6.07 Å². The van der Waals surface area contributed by atoms with Gasteiger partial charge in [-0.3, -0.25) is 14.3 Å². The van der Waals surface area contributed by atoms with Crippen molar-refractivity contribution in [2.75, 3.05) is 5.75 Å². The largest absolute Gasteiger partial charge is 0.369 e. The summed E-state index contributed by atoms with van der Waals surface area (Å²) in [6.45, 7) is 0. The van der Waals surface area contributed by atoms with Gasteiger partial charge in [0, 0.05) is 23.6 Å². The quantitative estimate of drug-likeness (QED) is 0.724. The molecule has 3 aromatic rings. The fourth-order valence-electron chi connectivity index (χ4n) is 2.00. The Kier molecular flexibility index (Phi) is 4.33. The van der Waals surface area contributed by atoms with Gasteiger partial charge in [0.15, 0.2) is 11.0 Å². The van der Waals surface area contributed by atoms with Crippen molar-refractivity contribution in [1.82, 2.24) is 19.7 Å². The number of amides is 1. The number of nitrogens with zero attached hydrogens (tertiary/aromatic N) is 4. The maximum absolute atomic E-state index is 13.2. The lowest BCUT2D eigenvalue weighted by Crippen LogP contribution is -2.13. The number of carbonyl (C=O) groups is 1. The second-order valence-corrected chi connectivity index (χ2v) is 5.56. The Labute approximate surface area is 135 Å². The third-order valence-electron chi connectivity index (χ3n) is 2.98. The summed E-state index contributed by atoms with van der Waals surface area (Å²) in [6.07, 6.45) is 3.32. The molecule has 0 aliphatic rings. The van der Waals surface area contributed by atoms with Crippen LogP contribution in [0.3, 0.4) is 0 Å². The fraction of sp³-hybridized carbons (Fsp3) is 0.0667. The predicted octanol–water partition coefficient (Wildman–Crippen LogP) is 2.05. The Balaban J connectivity index is 2.10. The molecule has 1 aromatic carbocycles. The highest BCUT2D eigenvalue weighted by Gasteiger charge is 2.16. The second kappa shape index (κ2) is 6.57. The number of benzene rings is 1. The molecule has 116 valence electrons. The molecule has 23 heavy (non-hydrogen) atoms. The van der Waals surface area contributed by atoms with E-state index in [1.54, 1.807) is 35.2 Å². The van der Waals surface area contributed by atoms with E-state index in [4.69, 9.17) is 5.73 Å². The van der Waals surface area contributed by atoms with E-state index in [-0.39, 0.29) is 11.6 Å². The van der Waals surface area contributed by atoms with E-state index >= 15 is 0 Å². The molecule has 2 aromatic heterocycles. The van der Waals surface area contributed by atoms with Crippen LogP contribution in [0.2, 0.25) is 0 Å². The minimum absolute atomic E-state index is 0.0758. The molecule has 8 heteroatoms. The summed E-state index contributed by atoms with van der Waals surface area (Å²) >= 11 is 1.17. The van der Waals surface area contributed by atoms with Gasteiger partial charge >= 0.3 is 0 Å². The summed E-state index contributed by atoms with van der Waals surface area (Å²) in [6, 6.07) is 9.57. The summed E-state index contributed by atoms with van der Waals surface area (Å²) in [5, 5.41) is 8.77. The zero-order valence-corrected chi connectivity index (χ0v) is 12.7.